The van der Waals surface area contributed by atoms with Crippen molar-refractivity contribution < 1.29 is 0 Å². The Balaban J connectivity index is 1.44. The van der Waals surface area contributed by atoms with Crippen LogP contribution in [0.3, 0.4) is 0 Å². The molecule has 2 aliphatic rings. The van der Waals surface area contributed by atoms with Gasteiger partial charge in [0.2, 0.25) is 0 Å². The molecule has 3 heteroatoms. The van der Waals surface area contributed by atoms with Crippen LogP contribution in [0.4, 0.5) is 0 Å². The summed E-state index contributed by atoms with van der Waals surface area (Å²) in [6, 6.07) is 50.1. The molecule has 0 unspecified atom stereocenters. The van der Waals surface area contributed by atoms with Gasteiger partial charge in [0, 0.05) is 38.8 Å². The van der Waals surface area contributed by atoms with Crippen LogP contribution < -0.4 is 0 Å². The number of benzene rings is 6. The zero-order valence-electron chi connectivity index (χ0n) is 28.1. The lowest BCUT2D eigenvalue weighted by Gasteiger charge is -2.28. The highest BCUT2D eigenvalue weighted by Crippen LogP contribution is 2.63. The Labute approximate surface area is 286 Å². The van der Waals surface area contributed by atoms with Crippen molar-refractivity contribution in [2.45, 2.75) is 38.5 Å². The summed E-state index contributed by atoms with van der Waals surface area (Å²) in [6.07, 6.45) is 0. The van der Waals surface area contributed by atoms with Crippen LogP contribution in [0.2, 0.25) is 0 Å². The summed E-state index contributed by atoms with van der Waals surface area (Å²) in [6.45, 7) is 9.65. The fourth-order valence-electron chi connectivity index (χ4n) is 9.02. The van der Waals surface area contributed by atoms with Crippen molar-refractivity contribution in [3.8, 4) is 50.7 Å². The summed E-state index contributed by atoms with van der Waals surface area (Å²) >= 11 is 0. The second-order valence-electron chi connectivity index (χ2n) is 14.6. The van der Waals surface area contributed by atoms with Crippen molar-refractivity contribution in [3.05, 3.63) is 162 Å². The molecule has 0 saturated carbocycles. The third kappa shape index (κ3) is 3.73. The van der Waals surface area contributed by atoms with Gasteiger partial charge in [-0.05, 0) is 50.6 Å². The van der Waals surface area contributed by atoms with E-state index >= 15 is 0 Å². The largest absolute Gasteiger partial charge is 0.293 e. The summed E-state index contributed by atoms with van der Waals surface area (Å²) in [4.78, 5) is 10.6. The predicted molar refractivity (Wildman–Crippen MR) is 202 cm³/mol. The molecule has 0 amide bonds. The SMILES string of the molecule is CC1(C)c2ccccc2-c2c1c1c(c3c2c2ccccc2n3-c2cc(-c3ccccc3)nc(-c3ccccc3)n2)C(C)(C)c2ccccc2-1. The van der Waals surface area contributed by atoms with E-state index in [2.05, 4.69) is 166 Å². The highest BCUT2D eigenvalue weighted by Gasteiger charge is 2.47. The molecule has 234 valence electrons. The van der Waals surface area contributed by atoms with Gasteiger partial charge < -0.3 is 0 Å². The summed E-state index contributed by atoms with van der Waals surface area (Å²) in [5.74, 6) is 1.59. The van der Waals surface area contributed by atoms with Gasteiger partial charge >= 0.3 is 0 Å². The average molecular weight is 630 g/mol. The number of hydrogen-bond acceptors (Lipinski definition) is 2. The second-order valence-corrected chi connectivity index (χ2v) is 14.6. The molecular formula is C46H35N3. The lowest BCUT2D eigenvalue weighted by Crippen LogP contribution is -2.19. The van der Waals surface area contributed by atoms with Crippen molar-refractivity contribution in [2.75, 3.05) is 0 Å². The Kier molecular flexibility index (Phi) is 5.69. The van der Waals surface area contributed by atoms with Crippen LogP contribution in [0.1, 0.15) is 49.9 Å². The number of hydrogen-bond donors (Lipinski definition) is 0. The monoisotopic (exact) mass is 629 g/mol. The maximum absolute atomic E-state index is 5.41. The van der Waals surface area contributed by atoms with Gasteiger partial charge in [0.15, 0.2) is 5.82 Å². The Morgan fingerprint density at radius 1 is 0.510 bits per heavy atom. The van der Waals surface area contributed by atoms with Crippen LogP contribution in [0.15, 0.2) is 140 Å². The lowest BCUT2D eigenvalue weighted by molar-refractivity contribution is 0.650. The molecule has 8 aromatic rings. The van der Waals surface area contributed by atoms with Crippen molar-refractivity contribution in [1.82, 2.24) is 14.5 Å². The molecule has 0 fully saturated rings. The van der Waals surface area contributed by atoms with Crippen LogP contribution >= 0.6 is 0 Å². The molecule has 2 heterocycles. The van der Waals surface area contributed by atoms with E-state index in [0.717, 1.165) is 34.0 Å². The Morgan fingerprint density at radius 3 is 1.76 bits per heavy atom. The first kappa shape index (κ1) is 28.2. The normalized spacial score (nSPS) is 14.9. The Morgan fingerprint density at radius 2 is 1.06 bits per heavy atom. The first-order chi connectivity index (χ1) is 23.9. The number of aromatic nitrogens is 3. The van der Waals surface area contributed by atoms with Crippen LogP contribution in [0.5, 0.6) is 0 Å². The predicted octanol–water partition coefficient (Wildman–Crippen LogP) is 11.5. The quantitative estimate of drug-likeness (QED) is 0.195. The summed E-state index contributed by atoms with van der Waals surface area (Å²) in [5.41, 5.74) is 15.9. The van der Waals surface area contributed by atoms with E-state index in [1.165, 1.54) is 60.8 Å². The molecule has 0 bridgehead atoms. The van der Waals surface area contributed by atoms with Gasteiger partial charge in [-0.2, -0.15) is 0 Å². The Hall–Kier alpha value is -5.80. The first-order valence-corrected chi connectivity index (χ1v) is 17.2. The van der Waals surface area contributed by atoms with E-state index < -0.39 is 0 Å². The van der Waals surface area contributed by atoms with Gasteiger partial charge in [0.25, 0.3) is 0 Å². The van der Waals surface area contributed by atoms with E-state index in [9.17, 15) is 0 Å². The average Bonchev–Trinajstić information content (AvgIpc) is 3.69. The van der Waals surface area contributed by atoms with Crippen LogP contribution in [-0.2, 0) is 10.8 Å². The highest BCUT2D eigenvalue weighted by molar-refractivity contribution is 6.22. The second kappa shape index (κ2) is 9.87. The number of nitrogens with zero attached hydrogens (tertiary/aromatic N) is 3. The van der Waals surface area contributed by atoms with Gasteiger partial charge in [0.1, 0.15) is 5.82 Å². The molecule has 10 rings (SSSR count). The topological polar surface area (TPSA) is 30.7 Å². The fourth-order valence-corrected chi connectivity index (χ4v) is 9.02. The summed E-state index contributed by atoms with van der Waals surface area (Å²) in [7, 11) is 0. The lowest BCUT2D eigenvalue weighted by atomic mass is 9.76. The molecule has 6 aromatic carbocycles. The van der Waals surface area contributed by atoms with Crippen LogP contribution in [0, 0.1) is 0 Å². The minimum atomic E-state index is -0.242. The van der Waals surface area contributed by atoms with Crippen molar-refractivity contribution >= 4 is 21.8 Å². The molecule has 3 nitrogen and oxygen atoms in total. The van der Waals surface area contributed by atoms with Gasteiger partial charge in [0.05, 0.1) is 16.7 Å². The molecule has 0 N–H and O–H groups in total. The smallest absolute Gasteiger partial charge is 0.162 e. The standard InChI is InChI=1S/C46H35N3/c1-45(2)33-24-14-11-21-30(33)38-39-32-23-13-16-26-36(32)49(43(39)42-40(41(38)45)31-22-12-15-25-34(31)46(42,3)4)37-27-35(28-17-7-5-8-18-28)47-44(48-37)29-19-9-6-10-20-29/h5-27H,1-4H3. The minimum Gasteiger partial charge on any atom is -0.293 e. The van der Waals surface area contributed by atoms with Crippen LogP contribution in [-0.4, -0.2) is 14.5 Å². The van der Waals surface area contributed by atoms with Crippen LogP contribution in [0.25, 0.3) is 72.5 Å². The van der Waals surface area contributed by atoms with E-state index in [4.69, 9.17) is 9.97 Å². The number of fused-ring (bicyclic) bond motifs is 12. The third-order valence-electron chi connectivity index (χ3n) is 11.1. The summed E-state index contributed by atoms with van der Waals surface area (Å²) in [5, 5.41) is 2.56. The van der Waals surface area contributed by atoms with Gasteiger partial charge in [-0.1, -0.05) is 155 Å². The molecule has 0 atom stereocenters. The zero-order valence-corrected chi connectivity index (χ0v) is 28.1. The molecule has 0 radical (unpaired) electrons. The van der Waals surface area contributed by atoms with Gasteiger partial charge in [-0.25, -0.2) is 9.97 Å². The van der Waals surface area contributed by atoms with E-state index in [0.29, 0.717) is 0 Å². The molecule has 0 aliphatic heterocycles. The maximum Gasteiger partial charge on any atom is 0.162 e. The maximum atomic E-state index is 5.41. The molecule has 0 spiro atoms. The highest BCUT2D eigenvalue weighted by atomic mass is 15.1. The molecule has 2 aromatic heterocycles. The van der Waals surface area contributed by atoms with E-state index in [1.54, 1.807) is 0 Å². The zero-order chi connectivity index (χ0) is 33.1. The fraction of sp³-hybridized carbons (Fsp3) is 0.130. The minimum absolute atomic E-state index is 0.170. The molecule has 49 heavy (non-hydrogen) atoms. The third-order valence-corrected chi connectivity index (χ3v) is 11.1. The number of rotatable bonds is 3. The van der Waals surface area contributed by atoms with E-state index in [-0.39, 0.29) is 10.8 Å². The molecule has 2 aliphatic carbocycles. The van der Waals surface area contributed by atoms with E-state index in [1.807, 2.05) is 6.07 Å². The number of para-hydroxylation sites is 1. The summed E-state index contributed by atoms with van der Waals surface area (Å²) < 4.78 is 2.45. The molecular weight excluding hydrogens is 595 g/mol. The van der Waals surface area contributed by atoms with Crippen molar-refractivity contribution in [3.63, 3.8) is 0 Å². The Bertz CT molecular complexity index is 2580. The van der Waals surface area contributed by atoms with Crippen molar-refractivity contribution in [2.24, 2.45) is 0 Å². The van der Waals surface area contributed by atoms with Crippen molar-refractivity contribution in [1.29, 1.82) is 0 Å². The van der Waals surface area contributed by atoms with Gasteiger partial charge in [-0.15, -0.1) is 0 Å². The molecule has 0 saturated heterocycles. The first-order valence-electron chi connectivity index (χ1n) is 17.2. The van der Waals surface area contributed by atoms with Gasteiger partial charge in [-0.3, -0.25) is 4.57 Å².